The van der Waals surface area contributed by atoms with Gasteiger partial charge < -0.3 is 4.90 Å². The third-order valence-electron chi connectivity index (χ3n) is 11.6. The van der Waals surface area contributed by atoms with Crippen molar-refractivity contribution in [1.29, 1.82) is 0 Å². The zero-order chi connectivity index (χ0) is 37.7. The minimum atomic E-state index is 1.10. The lowest BCUT2D eigenvalue weighted by molar-refractivity contribution is 1.29. The first kappa shape index (κ1) is 32.9. The number of anilines is 3. The molecule has 0 amide bonds. The molecule has 0 heterocycles. The molecule has 0 aromatic heterocycles. The van der Waals surface area contributed by atoms with Gasteiger partial charge in [0.15, 0.2) is 0 Å². The summed E-state index contributed by atoms with van der Waals surface area (Å²) >= 11 is 0. The molecule has 11 aromatic carbocycles. The summed E-state index contributed by atoms with van der Waals surface area (Å²) < 4.78 is 0. The quantitative estimate of drug-likeness (QED) is 0.154. The number of fused-ring (bicyclic) bond motifs is 7. The molecular formula is C56H37N. The molecule has 11 aromatic rings. The van der Waals surface area contributed by atoms with Crippen LogP contribution in [0.15, 0.2) is 224 Å². The first-order chi connectivity index (χ1) is 28.2. The van der Waals surface area contributed by atoms with Gasteiger partial charge >= 0.3 is 0 Å². The first-order valence-corrected chi connectivity index (χ1v) is 19.7. The van der Waals surface area contributed by atoms with Crippen molar-refractivity contribution in [3.05, 3.63) is 224 Å². The van der Waals surface area contributed by atoms with E-state index in [4.69, 9.17) is 0 Å². The van der Waals surface area contributed by atoms with Gasteiger partial charge in [-0.05, 0) is 142 Å². The van der Waals surface area contributed by atoms with E-state index in [1.807, 2.05) is 0 Å². The van der Waals surface area contributed by atoms with Crippen molar-refractivity contribution in [2.45, 2.75) is 0 Å². The largest absolute Gasteiger partial charge is 0.310 e. The van der Waals surface area contributed by atoms with Gasteiger partial charge in [-0.3, -0.25) is 0 Å². The van der Waals surface area contributed by atoms with Crippen LogP contribution in [0.3, 0.4) is 0 Å². The van der Waals surface area contributed by atoms with Crippen LogP contribution in [0, 0.1) is 0 Å². The van der Waals surface area contributed by atoms with Crippen LogP contribution >= 0.6 is 0 Å². The Morgan fingerprint density at radius 3 is 1.53 bits per heavy atom. The predicted octanol–water partition coefficient (Wildman–Crippen LogP) is 15.9. The molecule has 0 aliphatic carbocycles. The number of benzene rings is 11. The molecule has 57 heavy (non-hydrogen) atoms. The summed E-state index contributed by atoms with van der Waals surface area (Å²) in [5.74, 6) is 0. The highest BCUT2D eigenvalue weighted by atomic mass is 15.1. The van der Waals surface area contributed by atoms with Gasteiger partial charge in [0, 0.05) is 17.1 Å². The Hall–Kier alpha value is -7.48. The molecule has 0 saturated carbocycles. The monoisotopic (exact) mass is 723 g/mol. The van der Waals surface area contributed by atoms with E-state index in [1.54, 1.807) is 0 Å². The first-order valence-electron chi connectivity index (χ1n) is 19.7. The summed E-state index contributed by atoms with van der Waals surface area (Å²) in [6, 6.07) is 82.3. The molecule has 0 atom stereocenters. The summed E-state index contributed by atoms with van der Waals surface area (Å²) in [6.07, 6.45) is 0. The highest BCUT2D eigenvalue weighted by molar-refractivity contribution is 6.14. The topological polar surface area (TPSA) is 3.24 Å². The average Bonchev–Trinajstić information content (AvgIpc) is 3.29. The SMILES string of the molecule is c1ccc(-c2cc(-c3cc4ccccc4c4ccccc34)cc(N(c3ccc(-c4ccc5ccccc5c4)cc3)c3ccc4ccc5ccccc5c4c3)c2)cc1. The van der Waals surface area contributed by atoms with Crippen molar-refractivity contribution in [1.82, 2.24) is 0 Å². The Morgan fingerprint density at radius 1 is 0.211 bits per heavy atom. The maximum atomic E-state index is 2.44. The Labute approximate surface area is 332 Å². The highest BCUT2D eigenvalue weighted by Crippen LogP contribution is 2.44. The van der Waals surface area contributed by atoms with Crippen molar-refractivity contribution < 1.29 is 0 Å². The molecule has 0 bridgehead atoms. The fourth-order valence-electron chi connectivity index (χ4n) is 8.73. The van der Waals surface area contributed by atoms with Gasteiger partial charge in [0.25, 0.3) is 0 Å². The normalized spacial score (nSPS) is 11.5. The van der Waals surface area contributed by atoms with Crippen LogP contribution in [-0.2, 0) is 0 Å². The lowest BCUT2D eigenvalue weighted by atomic mass is 9.91. The van der Waals surface area contributed by atoms with Crippen LogP contribution in [-0.4, -0.2) is 0 Å². The smallest absolute Gasteiger partial charge is 0.0473 e. The van der Waals surface area contributed by atoms with Crippen molar-refractivity contribution >= 4 is 70.9 Å². The Morgan fingerprint density at radius 2 is 0.737 bits per heavy atom. The van der Waals surface area contributed by atoms with Gasteiger partial charge in [0.1, 0.15) is 0 Å². The minimum absolute atomic E-state index is 1.10. The Bertz CT molecular complexity index is 3290. The van der Waals surface area contributed by atoms with Crippen LogP contribution in [0.5, 0.6) is 0 Å². The summed E-state index contributed by atoms with van der Waals surface area (Å²) in [6.45, 7) is 0. The average molecular weight is 724 g/mol. The van der Waals surface area contributed by atoms with Crippen molar-refractivity contribution in [3.8, 4) is 33.4 Å². The molecule has 0 unspecified atom stereocenters. The van der Waals surface area contributed by atoms with Crippen LogP contribution < -0.4 is 4.90 Å². The summed E-state index contributed by atoms with van der Waals surface area (Å²) in [5, 5.41) is 12.5. The summed E-state index contributed by atoms with van der Waals surface area (Å²) in [4.78, 5) is 2.44. The second-order valence-corrected chi connectivity index (χ2v) is 15.0. The van der Waals surface area contributed by atoms with E-state index in [9.17, 15) is 0 Å². The maximum absolute atomic E-state index is 2.44. The number of hydrogen-bond donors (Lipinski definition) is 0. The summed E-state index contributed by atoms with van der Waals surface area (Å²) in [5.41, 5.74) is 10.5. The Kier molecular flexibility index (Phi) is 7.89. The van der Waals surface area contributed by atoms with Gasteiger partial charge in [0.05, 0.1) is 0 Å². The van der Waals surface area contributed by atoms with Gasteiger partial charge in [-0.2, -0.15) is 0 Å². The zero-order valence-electron chi connectivity index (χ0n) is 31.3. The second kappa shape index (κ2) is 13.7. The standard InChI is InChI=1S/C56H37N/c1-2-12-38(13-3-1)46-33-47(55-36-45-17-7-9-19-52(45)53-20-10-11-21-54(53)55)35-50(34-46)57(49-31-28-42-24-23-41-15-6-8-18-51(41)56(42)37-49)48-29-26-40(27-30-48)44-25-22-39-14-4-5-16-43(39)32-44/h1-37H. The van der Waals surface area contributed by atoms with Gasteiger partial charge in [-0.15, -0.1) is 0 Å². The van der Waals surface area contributed by atoms with Crippen molar-refractivity contribution in [3.63, 3.8) is 0 Å². The van der Waals surface area contributed by atoms with Crippen LogP contribution in [0.25, 0.3) is 87.2 Å². The molecule has 0 spiro atoms. The van der Waals surface area contributed by atoms with E-state index in [0.717, 1.165) is 17.1 Å². The fourth-order valence-corrected chi connectivity index (χ4v) is 8.73. The van der Waals surface area contributed by atoms with E-state index < -0.39 is 0 Å². The predicted molar refractivity (Wildman–Crippen MR) is 245 cm³/mol. The third-order valence-corrected chi connectivity index (χ3v) is 11.6. The molecule has 0 aliphatic heterocycles. The van der Waals surface area contributed by atoms with E-state index in [2.05, 4.69) is 229 Å². The fraction of sp³-hybridized carbons (Fsp3) is 0. The van der Waals surface area contributed by atoms with E-state index in [0.29, 0.717) is 0 Å². The van der Waals surface area contributed by atoms with E-state index in [-0.39, 0.29) is 0 Å². The number of hydrogen-bond acceptors (Lipinski definition) is 1. The maximum Gasteiger partial charge on any atom is 0.0473 e. The third kappa shape index (κ3) is 5.89. The van der Waals surface area contributed by atoms with E-state index in [1.165, 1.54) is 87.2 Å². The molecule has 0 fully saturated rings. The van der Waals surface area contributed by atoms with Gasteiger partial charge in [-0.25, -0.2) is 0 Å². The van der Waals surface area contributed by atoms with Crippen LogP contribution in [0.1, 0.15) is 0 Å². The van der Waals surface area contributed by atoms with Crippen molar-refractivity contribution in [2.75, 3.05) is 4.90 Å². The molecule has 0 saturated heterocycles. The van der Waals surface area contributed by atoms with Crippen molar-refractivity contribution in [2.24, 2.45) is 0 Å². The molecule has 0 radical (unpaired) electrons. The van der Waals surface area contributed by atoms with Gasteiger partial charge in [-0.1, -0.05) is 170 Å². The minimum Gasteiger partial charge on any atom is -0.310 e. The number of rotatable bonds is 6. The molecule has 0 N–H and O–H groups in total. The van der Waals surface area contributed by atoms with Gasteiger partial charge in [0.2, 0.25) is 0 Å². The van der Waals surface area contributed by atoms with Crippen LogP contribution in [0.2, 0.25) is 0 Å². The highest BCUT2D eigenvalue weighted by Gasteiger charge is 2.19. The molecule has 0 aliphatic rings. The molecule has 266 valence electrons. The summed E-state index contributed by atoms with van der Waals surface area (Å²) in [7, 11) is 0. The zero-order valence-corrected chi connectivity index (χ0v) is 31.3. The molecule has 1 nitrogen and oxygen atoms in total. The van der Waals surface area contributed by atoms with Crippen LogP contribution in [0.4, 0.5) is 17.1 Å². The van der Waals surface area contributed by atoms with E-state index >= 15 is 0 Å². The molecule has 1 heteroatoms. The number of nitrogens with zero attached hydrogens (tertiary/aromatic N) is 1. The Balaban J connectivity index is 1.15. The second-order valence-electron chi connectivity index (χ2n) is 15.0. The molecular weight excluding hydrogens is 687 g/mol. The lowest BCUT2D eigenvalue weighted by Gasteiger charge is -2.28. The lowest BCUT2D eigenvalue weighted by Crippen LogP contribution is -2.10. The molecule has 11 rings (SSSR count).